The predicted octanol–water partition coefficient (Wildman–Crippen LogP) is 2.20. The van der Waals surface area contributed by atoms with Crippen LogP contribution in [0.5, 0.6) is 0 Å². The molecule has 6 nitrogen and oxygen atoms in total. The van der Waals surface area contributed by atoms with E-state index in [1.54, 1.807) is 6.92 Å². The summed E-state index contributed by atoms with van der Waals surface area (Å²) in [4.78, 5) is 19.1. The summed E-state index contributed by atoms with van der Waals surface area (Å²) in [7, 11) is 0. The number of hydrogen-bond acceptors (Lipinski definition) is 4. The number of carbonyl (C=O) groups is 1. The quantitative estimate of drug-likeness (QED) is 0.939. The molecule has 0 saturated heterocycles. The number of carbonyl (C=O) groups excluding carboxylic acids is 1. The van der Waals surface area contributed by atoms with E-state index in [2.05, 4.69) is 20.4 Å². The summed E-state index contributed by atoms with van der Waals surface area (Å²) in [6.45, 7) is 4.07. The predicted molar refractivity (Wildman–Crippen MR) is 70.8 cm³/mol. The molecule has 0 aliphatic rings. The molecule has 0 radical (unpaired) electrons. The number of alkyl halides is 3. The van der Waals surface area contributed by atoms with Crippen molar-refractivity contribution < 1.29 is 18.0 Å². The van der Waals surface area contributed by atoms with Crippen LogP contribution in [0.1, 0.15) is 41.8 Å². The Morgan fingerprint density at radius 3 is 2.59 bits per heavy atom. The van der Waals surface area contributed by atoms with Crippen LogP contribution in [0.2, 0.25) is 0 Å². The van der Waals surface area contributed by atoms with Gasteiger partial charge in [0.25, 0.3) is 5.91 Å². The highest BCUT2D eigenvalue weighted by molar-refractivity contribution is 5.90. The number of halogens is 3. The van der Waals surface area contributed by atoms with E-state index < -0.39 is 23.8 Å². The Hall–Kier alpha value is -2.45. The molecular formula is C13H14F3N5O. The van der Waals surface area contributed by atoms with Crippen LogP contribution in [-0.4, -0.2) is 25.7 Å². The third-order valence-electron chi connectivity index (χ3n) is 2.99. The molecule has 2 aromatic rings. The largest absolute Gasteiger partial charge is 0.433 e. The van der Waals surface area contributed by atoms with Gasteiger partial charge in [0.1, 0.15) is 12.0 Å². The first-order chi connectivity index (χ1) is 10.3. The van der Waals surface area contributed by atoms with Gasteiger partial charge in [-0.3, -0.25) is 14.5 Å². The first-order valence-electron chi connectivity index (χ1n) is 6.54. The van der Waals surface area contributed by atoms with Crippen molar-refractivity contribution in [1.29, 1.82) is 0 Å². The molecule has 2 aromatic heterocycles. The monoisotopic (exact) mass is 313 g/mol. The van der Waals surface area contributed by atoms with Gasteiger partial charge in [0, 0.05) is 12.7 Å². The first-order valence-corrected chi connectivity index (χ1v) is 6.54. The summed E-state index contributed by atoms with van der Waals surface area (Å²) in [6.07, 6.45) is -1.97. The maximum absolute atomic E-state index is 12.4. The van der Waals surface area contributed by atoms with Gasteiger partial charge < -0.3 is 5.32 Å². The fraction of sp³-hybridized carbons (Fsp3) is 0.385. The van der Waals surface area contributed by atoms with Crippen LogP contribution in [0, 0.1) is 0 Å². The zero-order valence-corrected chi connectivity index (χ0v) is 11.9. The average molecular weight is 313 g/mol. The lowest BCUT2D eigenvalue weighted by molar-refractivity contribution is -0.141. The molecule has 0 aliphatic heterocycles. The van der Waals surface area contributed by atoms with Crippen LogP contribution >= 0.6 is 0 Å². The highest BCUT2D eigenvalue weighted by atomic mass is 19.4. The molecule has 9 heteroatoms. The second-order valence-corrected chi connectivity index (χ2v) is 4.59. The van der Waals surface area contributed by atoms with Gasteiger partial charge in [-0.2, -0.15) is 13.2 Å². The summed E-state index contributed by atoms with van der Waals surface area (Å²) in [5, 5.41) is 6.56. The molecular weight excluding hydrogens is 299 g/mol. The number of hydrogen-bond donors (Lipinski definition) is 1. The molecule has 0 fully saturated rings. The van der Waals surface area contributed by atoms with E-state index in [4.69, 9.17) is 0 Å². The molecule has 1 atom stereocenters. The minimum absolute atomic E-state index is 0.00794. The molecule has 0 unspecified atom stereocenters. The highest BCUT2D eigenvalue weighted by Gasteiger charge is 2.32. The number of amides is 1. The first kappa shape index (κ1) is 15.9. The SMILES string of the molecule is CCn1cnc(C(=O)N[C@H](C)c2ccc(C(F)(F)F)nc2)n1. The van der Waals surface area contributed by atoms with Crippen LogP contribution < -0.4 is 5.32 Å². The summed E-state index contributed by atoms with van der Waals surface area (Å²) in [5.41, 5.74) is -0.519. The van der Waals surface area contributed by atoms with Gasteiger partial charge in [0.05, 0.1) is 6.04 Å². The maximum Gasteiger partial charge on any atom is 0.433 e. The number of nitrogens with one attached hydrogen (secondary N) is 1. The fourth-order valence-electron chi connectivity index (χ4n) is 1.72. The molecule has 118 valence electrons. The number of nitrogens with zero attached hydrogens (tertiary/aromatic N) is 4. The van der Waals surface area contributed by atoms with E-state index in [1.807, 2.05) is 6.92 Å². The zero-order chi connectivity index (χ0) is 16.3. The van der Waals surface area contributed by atoms with Crippen molar-refractivity contribution in [3.8, 4) is 0 Å². The van der Waals surface area contributed by atoms with Crippen molar-refractivity contribution in [3.05, 3.63) is 41.7 Å². The lowest BCUT2D eigenvalue weighted by Crippen LogP contribution is -2.28. The van der Waals surface area contributed by atoms with E-state index in [9.17, 15) is 18.0 Å². The van der Waals surface area contributed by atoms with E-state index in [0.29, 0.717) is 12.1 Å². The Balaban J connectivity index is 2.05. The number of aryl methyl sites for hydroxylation is 1. The third kappa shape index (κ3) is 3.60. The fourth-order valence-corrected chi connectivity index (χ4v) is 1.72. The molecule has 0 bridgehead atoms. The summed E-state index contributed by atoms with van der Waals surface area (Å²) >= 11 is 0. The molecule has 0 aliphatic carbocycles. The Kier molecular flexibility index (Phi) is 4.43. The Labute approximate surface area is 124 Å². The molecule has 2 rings (SSSR count). The Morgan fingerprint density at radius 1 is 1.36 bits per heavy atom. The molecule has 2 heterocycles. The van der Waals surface area contributed by atoms with E-state index in [-0.39, 0.29) is 5.82 Å². The van der Waals surface area contributed by atoms with Gasteiger partial charge in [-0.1, -0.05) is 6.07 Å². The second-order valence-electron chi connectivity index (χ2n) is 4.59. The van der Waals surface area contributed by atoms with Crippen molar-refractivity contribution in [2.24, 2.45) is 0 Å². The van der Waals surface area contributed by atoms with Crippen molar-refractivity contribution >= 4 is 5.91 Å². The van der Waals surface area contributed by atoms with Crippen molar-refractivity contribution in [2.75, 3.05) is 0 Å². The van der Waals surface area contributed by atoms with Gasteiger partial charge in [-0.15, -0.1) is 5.10 Å². The smallest absolute Gasteiger partial charge is 0.343 e. The van der Waals surface area contributed by atoms with E-state index in [1.165, 1.54) is 17.1 Å². The molecule has 1 N–H and O–H groups in total. The van der Waals surface area contributed by atoms with Gasteiger partial charge in [-0.05, 0) is 25.5 Å². The van der Waals surface area contributed by atoms with Crippen molar-refractivity contribution in [1.82, 2.24) is 25.1 Å². The normalized spacial score (nSPS) is 13.0. The minimum Gasteiger partial charge on any atom is -0.343 e. The number of aromatic nitrogens is 4. The van der Waals surface area contributed by atoms with Crippen LogP contribution in [0.4, 0.5) is 13.2 Å². The van der Waals surface area contributed by atoms with Gasteiger partial charge >= 0.3 is 6.18 Å². The van der Waals surface area contributed by atoms with E-state index in [0.717, 1.165) is 12.3 Å². The van der Waals surface area contributed by atoms with Gasteiger partial charge in [-0.25, -0.2) is 4.98 Å². The van der Waals surface area contributed by atoms with Crippen LogP contribution in [-0.2, 0) is 12.7 Å². The van der Waals surface area contributed by atoms with E-state index >= 15 is 0 Å². The van der Waals surface area contributed by atoms with Crippen molar-refractivity contribution in [2.45, 2.75) is 32.6 Å². The number of pyridine rings is 1. The molecule has 0 spiro atoms. The lowest BCUT2D eigenvalue weighted by Gasteiger charge is -2.13. The summed E-state index contributed by atoms with van der Waals surface area (Å²) in [6, 6.07) is 1.64. The topological polar surface area (TPSA) is 72.7 Å². The highest BCUT2D eigenvalue weighted by Crippen LogP contribution is 2.27. The second kappa shape index (κ2) is 6.12. The van der Waals surface area contributed by atoms with Crippen LogP contribution in [0.3, 0.4) is 0 Å². The molecule has 0 saturated carbocycles. The molecule has 0 aromatic carbocycles. The van der Waals surface area contributed by atoms with Gasteiger partial charge in [0.2, 0.25) is 5.82 Å². The molecule has 22 heavy (non-hydrogen) atoms. The summed E-state index contributed by atoms with van der Waals surface area (Å²) < 4.78 is 38.8. The summed E-state index contributed by atoms with van der Waals surface area (Å²) in [5.74, 6) is -0.492. The Bertz CT molecular complexity index is 650. The third-order valence-corrected chi connectivity index (χ3v) is 2.99. The number of rotatable bonds is 4. The maximum atomic E-state index is 12.4. The zero-order valence-electron chi connectivity index (χ0n) is 11.9. The van der Waals surface area contributed by atoms with Crippen LogP contribution in [0.15, 0.2) is 24.7 Å². The van der Waals surface area contributed by atoms with Crippen LogP contribution in [0.25, 0.3) is 0 Å². The van der Waals surface area contributed by atoms with Crippen molar-refractivity contribution in [3.63, 3.8) is 0 Å². The standard InChI is InChI=1S/C13H14F3N5O/c1-3-21-7-18-11(20-21)12(22)19-8(2)9-4-5-10(17-6-9)13(14,15)16/h4-8H,3H2,1-2H3,(H,19,22)/t8-/m1/s1. The minimum atomic E-state index is -4.48. The van der Waals surface area contributed by atoms with Gasteiger partial charge in [0.15, 0.2) is 0 Å². The average Bonchev–Trinajstić information content (AvgIpc) is 2.95. The Morgan fingerprint density at radius 2 is 2.09 bits per heavy atom. The molecule has 1 amide bonds. The lowest BCUT2D eigenvalue weighted by atomic mass is 10.1.